The van der Waals surface area contributed by atoms with E-state index in [0.717, 1.165) is 6.92 Å². The highest BCUT2D eigenvalue weighted by atomic mass is 31.2. The van der Waals surface area contributed by atoms with Crippen molar-refractivity contribution in [3.05, 3.63) is 0 Å². The number of amides is 1. The molecule has 0 fully saturated rings. The Morgan fingerprint density at radius 1 is 1.37 bits per heavy atom. The second-order valence-corrected chi connectivity index (χ2v) is 4.81. The Kier molecular flexibility index (Phi) is 7.30. The fourth-order valence-corrected chi connectivity index (χ4v) is 1.48. The maximum Gasteiger partial charge on any atom is 0.217 e. The van der Waals surface area contributed by atoms with Gasteiger partial charge in [0.15, 0.2) is 0 Å². The van der Waals surface area contributed by atoms with Crippen LogP contribution in [0.5, 0.6) is 0 Å². The SMILES string of the molecule is CC(=O)N[C@H](C=O)[C@@H](O)[C@H](O)[C@H](O)COP(=O)([O-])[O-]. The Bertz CT molecular complexity index is 356. The summed E-state index contributed by atoms with van der Waals surface area (Å²) in [6.45, 7) is -0.0333. The van der Waals surface area contributed by atoms with Gasteiger partial charge in [0, 0.05) is 6.92 Å². The molecular formula is C8H14NO9P-2. The monoisotopic (exact) mass is 299 g/mol. The number of aliphatic hydroxyl groups is 3. The normalized spacial score (nSPS) is 18.2. The third-order valence-electron chi connectivity index (χ3n) is 2.03. The van der Waals surface area contributed by atoms with Gasteiger partial charge in [-0.2, -0.15) is 0 Å². The van der Waals surface area contributed by atoms with Crippen molar-refractivity contribution < 1.29 is 43.8 Å². The second kappa shape index (κ2) is 7.65. The van der Waals surface area contributed by atoms with Gasteiger partial charge in [-0.25, -0.2) is 0 Å². The summed E-state index contributed by atoms with van der Waals surface area (Å²) in [5.41, 5.74) is 0. The van der Waals surface area contributed by atoms with Gasteiger partial charge in [-0.05, 0) is 0 Å². The topological polar surface area (TPSA) is 179 Å². The van der Waals surface area contributed by atoms with Gasteiger partial charge in [-0.15, -0.1) is 0 Å². The molecule has 0 aromatic rings. The van der Waals surface area contributed by atoms with Gasteiger partial charge in [0.05, 0.1) is 14.4 Å². The van der Waals surface area contributed by atoms with Gasteiger partial charge in [-0.3, -0.25) is 4.79 Å². The molecule has 4 atom stereocenters. The highest BCUT2D eigenvalue weighted by Gasteiger charge is 2.32. The fourth-order valence-electron chi connectivity index (χ4n) is 1.14. The molecule has 4 N–H and O–H groups in total. The van der Waals surface area contributed by atoms with E-state index in [4.69, 9.17) is 0 Å². The Hall–Kier alpha value is -0.870. The van der Waals surface area contributed by atoms with Crippen LogP contribution in [0.1, 0.15) is 6.92 Å². The minimum absolute atomic E-state index is 0.120. The van der Waals surface area contributed by atoms with Gasteiger partial charge < -0.3 is 44.3 Å². The van der Waals surface area contributed by atoms with Crippen LogP contribution in [0.2, 0.25) is 0 Å². The lowest BCUT2D eigenvalue weighted by Crippen LogP contribution is -2.53. The zero-order valence-corrected chi connectivity index (χ0v) is 10.7. The molecule has 0 aliphatic carbocycles. The number of phosphoric acid groups is 1. The van der Waals surface area contributed by atoms with Gasteiger partial charge >= 0.3 is 0 Å². The molecule has 0 aromatic carbocycles. The number of aliphatic hydroxyl groups excluding tert-OH is 3. The molecule has 0 spiro atoms. The molecule has 0 saturated heterocycles. The second-order valence-electron chi connectivity index (χ2n) is 3.65. The maximum absolute atomic E-state index is 10.7. The third-order valence-corrected chi connectivity index (χ3v) is 2.50. The van der Waals surface area contributed by atoms with Crippen molar-refractivity contribution in [1.82, 2.24) is 5.32 Å². The first-order valence-corrected chi connectivity index (χ1v) is 6.47. The molecule has 0 radical (unpaired) electrons. The van der Waals surface area contributed by atoms with Crippen molar-refractivity contribution in [2.75, 3.05) is 6.61 Å². The average Bonchev–Trinajstić information content (AvgIpc) is 2.29. The van der Waals surface area contributed by atoms with E-state index in [2.05, 4.69) is 4.52 Å². The molecule has 0 bridgehead atoms. The molecule has 0 saturated carbocycles. The summed E-state index contributed by atoms with van der Waals surface area (Å²) in [6, 6.07) is -1.51. The van der Waals surface area contributed by atoms with Crippen LogP contribution >= 0.6 is 7.82 Å². The first kappa shape index (κ1) is 18.1. The Morgan fingerprint density at radius 2 is 1.89 bits per heavy atom. The number of carbonyl (C=O) groups excluding carboxylic acids is 2. The predicted molar refractivity (Wildman–Crippen MR) is 55.2 cm³/mol. The molecule has 11 heteroatoms. The van der Waals surface area contributed by atoms with Gasteiger partial charge in [-0.1, -0.05) is 0 Å². The fraction of sp³-hybridized carbons (Fsp3) is 0.750. The van der Waals surface area contributed by atoms with Crippen molar-refractivity contribution in [2.24, 2.45) is 0 Å². The molecule has 112 valence electrons. The Labute approximate surface area is 108 Å². The lowest BCUT2D eigenvalue weighted by molar-refractivity contribution is -0.343. The molecule has 1 amide bonds. The maximum atomic E-state index is 10.7. The van der Waals surface area contributed by atoms with Crippen LogP contribution in [-0.4, -0.2) is 58.5 Å². The quantitative estimate of drug-likeness (QED) is 0.254. The summed E-state index contributed by atoms with van der Waals surface area (Å²) in [6.07, 6.45) is -5.73. The van der Waals surface area contributed by atoms with Gasteiger partial charge in [0.2, 0.25) is 5.91 Å². The predicted octanol–water partition coefficient (Wildman–Crippen LogP) is -4.38. The standard InChI is InChI=1S/C8H16NO9P/c1-4(11)9-5(2-10)7(13)8(14)6(12)3-18-19(15,16)17/h2,5-8,12-14H,3H2,1H3,(H,9,11)(H2,15,16,17)/p-2/t5-,6-,7-,8-/m1/s1. The first-order valence-electron chi connectivity index (χ1n) is 5.01. The zero-order valence-electron chi connectivity index (χ0n) is 9.83. The van der Waals surface area contributed by atoms with Crippen LogP contribution < -0.4 is 15.1 Å². The van der Waals surface area contributed by atoms with E-state index in [0.29, 0.717) is 0 Å². The van der Waals surface area contributed by atoms with Crippen molar-refractivity contribution in [3.8, 4) is 0 Å². The minimum Gasteiger partial charge on any atom is -0.790 e. The van der Waals surface area contributed by atoms with Crippen LogP contribution in [-0.2, 0) is 18.7 Å². The van der Waals surface area contributed by atoms with E-state index < -0.39 is 44.7 Å². The van der Waals surface area contributed by atoms with Crippen molar-refractivity contribution in [3.63, 3.8) is 0 Å². The molecule has 0 aliphatic heterocycles. The number of aldehydes is 1. The molecule has 0 aliphatic rings. The highest BCUT2D eigenvalue weighted by Crippen LogP contribution is 2.25. The molecule has 19 heavy (non-hydrogen) atoms. The molecule has 0 heterocycles. The lowest BCUT2D eigenvalue weighted by Gasteiger charge is -2.32. The molecule has 10 nitrogen and oxygen atoms in total. The van der Waals surface area contributed by atoms with Crippen LogP contribution in [0, 0.1) is 0 Å². The van der Waals surface area contributed by atoms with Crippen LogP contribution in [0.3, 0.4) is 0 Å². The van der Waals surface area contributed by atoms with Crippen molar-refractivity contribution in [1.29, 1.82) is 0 Å². The molecular weight excluding hydrogens is 285 g/mol. The third kappa shape index (κ3) is 7.33. The van der Waals surface area contributed by atoms with Crippen LogP contribution in [0.25, 0.3) is 0 Å². The Morgan fingerprint density at radius 3 is 2.26 bits per heavy atom. The average molecular weight is 299 g/mol. The largest absolute Gasteiger partial charge is 0.790 e. The minimum atomic E-state index is -5.33. The summed E-state index contributed by atoms with van der Waals surface area (Å²) < 4.78 is 13.8. The van der Waals surface area contributed by atoms with E-state index in [-0.39, 0.29) is 6.29 Å². The Balaban J connectivity index is 4.51. The van der Waals surface area contributed by atoms with Crippen molar-refractivity contribution in [2.45, 2.75) is 31.3 Å². The van der Waals surface area contributed by atoms with E-state index in [1.807, 2.05) is 5.32 Å². The molecule has 0 rings (SSSR count). The lowest BCUT2D eigenvalue weighted by atomic mass is 10.0. The van der Waals surface area contributed by atoms with Gasteiger partial charge in [0.25, 0.3) is 0 Å². The van der Waals surface area contributed by atoms with E-state index in [1.54, 1.807) is 0 Å². The van der Waals surface area contributed by atoms with Gasteiger partial charge in [0.1, 0.15) is 30.6 Å². The summed E-state index contributed by atoms with van der Waals surface area (Å²) in [5.74, 6) is -0.669. The summed E-state index contributed by atoms with van der Waals surface area (Å²) in [5, 5.41) is 30.2. The smallest absolute Gasteiger partial charge is 0.217 e. The summed E-state index contributed by atoms with van der Waals surface area (Å²) in [4.78, 5) is 41.6. The number of rotatable bonds is 8. The van der Waals surface area contributed by atoms with Crippen LogP contribution in [0.15, 0.2) is 0 Å². The number of phosphoric ester groups is 1. The number of hydrogen-bond acceptors (Lipinski definition) is 9. The van der Waals surface area contributed by atoms with Crippen molar-refractivity contribution >= 4 is 20.0 Å². The first-order chi connectivity index (χ1) is 8.58. The summed E-state index contributed by atoms with van der Waals surface area (Å²) in [7, 11) is -5.33. The highest BCUT2D eigenvalue weighted by molar-refractivity contribution is 7.43. The molecule has 0 aromatic heterocycles. The zero-order chi connectivity index (χ0) is 15.2. The van der Waals surface area contributed by atoms with E-state index >= 15 is 0 Å². The molecule has 0 unspecified atom stereocenters. The number of nitrogens with one attached hydrogen (secondary N) is 1. The van der Waals surface area contributed by atoms with Crippen LogP contribution in [0.4, 0.5) is 0 Å². The van der Waals surface area contributed by atoms with E-state index in [9.17, 15) is 39.3 Å². The number of hydrogen-bond donors (Lipinski definition) is 4. The summed E-state index contributed by atoms with van der Waals surface area (Å²) >= 11 is 0. The van der Waals surface area contributed by atoms with E-state index in [1.165, 1.54) is 0 Å². The number of carbonyl (C=O) groups is 2.